The van der Waals surface area contributed by atoms with Crippen LogP contribution in [0, 0.1) is 12.3 Å². The SMILES string of the molecule is Cc1nc(CN2CCOCC2(C)C)c2cc(C3CCC(C)(C)CC3)sc2n1. The Morgan fingerprint density at radius 3 is 2.63 bits per heavy atom. The number of morpholine rings is 1. The van der Waals surface area contributed by atoms with Crippen LogP contribution in [0.1, 0.15) is 75.7 Å². The molecule has 2 fully saturated rings. The van der Waals surface area contributed by atoms with Gasteiger partial charge in [-0.2, -0.15) is 0 Å². The summed E-state index contributed by atoms with van der Waals surface area (Å²) < 4.78 is 5.69. The zero-order chi connectivity index (χ0) is 19.2. The van der Waals surface area contributed by atoms with Crippen LogP contribution in [0.4, 0.5) is 0 Å². The normalized spacial score (nSPS) is 23.7. The molecular formula is C22H33N3OS. The molecule has 0 unspecified atom stereocenters. The highest BCUT2D eigenvalue weighted by atomic mass is 32.1. The summed E-state index contributed by atoms with van der Waals surface area (Å²) in [6.45, 7) is 14.8. The average molecular weight is 388 g/mol. The zero-order valence-electron chi connectivity index (χ0n) is 17.5. The summed E-state index contributed by atoms with van der Waals surface area (Å²) in [6.07, 6.45) is 5.26. The predicted molar refractivity (Wildman–Crippen MR) is 112 cm³/mol. The van der Waals surface area contributed by atoms with Crippen LogP contribution in [0.2, 0.25) is 0 Å². The molecule has 0 spiro atoms. The summed E-state index contributed by atoms with van der Waals surface area (Å²) in [7, 11) is 0. The van der Waals surface area contributed by atoms with Crippen LogP contribution in [-0.2, 0) is 11.3 Å². The van der Waals surface area contributed by atoms with Gasteiger partial charge in [-0.25, -0.2) is 9.97 Å². The summed E-state index contributed by atoms with van der Waals surface area (Å²) in [5, 5.41) is 1.27. The number of ether oxygens (including phenoxy) is 1. The second kappa shape index (κ2) is 7.09. The molecule has 2 aromatic heterocycles. The van der Waals surface area contributed by atoms with Crippen molar-refractivity contribution < 1.29 is 4.74 Å². The summed E-state index contributed by atoms with van der Waals surface area (Å²) in [5.74, 6) is 1.59. The van der Waals surface area contributed by atoms with Crippen LogP contribution in [-0.4, -0.2) is 40.2 Å². The molecule has 5 heteroatoms. The molecule has 2 aromatic rings. The minimum absolute atomic E-state index is 0.0528. The highest BCUT2D eigenvalue weighted by Crippen LogP contribution is 2.45. The molecule has 4 nitrogen and oxygen atoms in total. The second-order valence-electron chi connectivity index (χ2n) is 9.81. The Kier molecular flexibility index (Phi) is 5.06. The molecule has 0 aromatic carbocycles. The van der Waals surface area contributed by atoms with Crippen LogP contribution >= 0.6 is 11.3 Å². The third-order valence-corrected chi connectivity index (χ3v) is 7.69. The Hall–Kier alpha value is -1.04. The van der Waals surface area contributed by atoms with E-state index in [1.807, 2.05) is 18.3 Å². The maximum Gasteiger partial charge on any atom is 0.127 e. The molecule has 0 amide bonds. The Balaban J connectivity index is 1.62. The van der Waals surface area contributed by atoms with Crippen molar-refractivity contribution in [1.29, 1.82) is 0 Å². The van der Waals surface area contributed by atoms with E-state index >= 15 is 0 Å². The first kappa shape index (κ1) is 19.3. The quantitative estimate of drug-likeness (QED) is 0.717. The molecule has 148 valence electrons. The summed E-state index contributed by atoms with van der Waals surface area (Å²) in [6, 6.07) is 2.41. The third kappa shape index (κ3) is 4.06. The van der Waals surface area contributed by atoms with Gasteiger partial charge in [0.2, 0.25) is 0 Å². The standard InChI is InChI=1S/C22H33N3OS/c1-15-23-18(13-25-10-11-26-14-22(25,4)5)17-12-19(27-20(17)24-15)16-6-8-21(2,3)9-7-16/h12,16H,6-11,13-14H2,1-5H3. The van der Waals surface area contributed by atoms with Crippen LogP contribution < -0.4 is 0 Å². The zero-order valence-corrected chi connectivity index (χ0v) is 18.3. The Morgan fingerprint density at radius 1 is 1.19 bits per heavy atom. The van der Waals surface area contributed by atoms with Gasteiger partial charge in [0.15, 0.2) is 0 Å². The van der Waals surface area contributed by atoms with E-state index in [1.165, 1.54) is 46.5 Å². The van der Waals surface area contributed by atoms with Crippen molar-refractivity contribution in [2.75, 3.05) is 19.8 Å². The lowest BCUT2D eigenvalue weighted by atomic mass is 9.73. The fraction of sp³-hybridized carbons (Fsp3) is 0.727. The minimum Gasteiger partial charge on any atom is -0.378 e. The molecule has 1 saturated heterocycles. The van der Waals surface area contributed by atoms with Gasteiger partial charge in [-0.15, -0.1) is 11.3 Å². The molecule has 0 bridgehead atoms. The molecule has 1 aliphatic heterocycles. The Morgan fingerprint density at radius 2 is 1.93 bits per heavy atom. The second-order valence-corrected chi connectivity index (χ2v) is 10.9. The number of hydrogen-bond donors (Lipinski definition) is 0. The van der Waals surface area contributed by atoms with Crippen molar-refractivity contribution in [3.63, 3.8) is 0 Å². The Labute approximate surface area is 167 Å². The number of aryl methyl sites for hydroxylation is 1. The lowest BCUT2D eigenvalue weighted by Gasteiger charge is -2.42. The largest absolute Gasteiger partial charge is 0.378 e. The van der Waals surface area contributed by atoms with Gasteiger partial charge in [0, 0.05) is 28.9 Å². The minimum atomic E-state index is 0.0528. The molecule has 0 radical (unpaired) electrons. The summed E-state index contributed by atoms with van der Waals surface area (Å²) in [4.78, 5) is 14.8. The highest BCUT2D eigenvalue weighted by molar-refractivity contribution is 7.18. The monoisotopic (exact) mass is 387 g/mol. The van der Waals surface area contributed by atoms with Crippen molar-refractivity contribution in [1.82, 2.24) is 14.9 Å². The number of nitrogens with zero attached hydrogens (tertiary/aromatic N) is 3. The first-order chi connectivity index (χ1) is 12.7. The topological polar surface area (TPSA) is 38.2 Å². The van der Waals surface area contributed by atoms with Crippen LogP contribution in [0.15, 0.2) is 6.07 Å². The van der Waals surface area contributed by atoms with Crippen molar-refractivity contribution in [2.45, 2.75) is 78.3 Å². The summed E-state index contributed by atoms with van der Waals surface area (Å²) in [5.41, 5.74) is 1.75. The van der Waals surface area contributed by atoms with E-state index in [-0.39, 0.29) is 5.54 Å². The van der Waals surface area contributed by atoms with E-state index in [1.54, 1.807) is 0 Å². The fourth-order valence-electron chi connectivity index (χ4n) is 4.49. The van der Waals surface area contributed by atoms with E-state index < -0.39 is 0 Å². The smallest absolute Gasteiger partial charge is 0.127 e. The van der Waals surface area contributed by atoms with Crippen molar-refractivity contribution in [3.05, 3.63) is 22.5 Å². The number of fused-ring (bicyclic) bond motifs is 1. The van der Waals surface area contributed by atoms with E-state index in [0.29, 0.717) is 11.3 Å². The van der Waals surface area contributed by atoms with E-state index in [2.05, 4.69) is 38.7 Å². The van der Waals surface area contributed by atoms with Gasteiger partial charge in [0.1, 0.15) is 10.7 Å². The molecule has 0 atom stereocenters. The molecule has 3 heterocycles. The summed E-state index contributed by atoms with van der Waals surface area (Å²) >= 11 is 1.90. The van der Waals surface area contributed by atoms with Gasteiger partial charge in [0.05, 0.1) is 18.9 Å². The molecular weight excluding hydrogens is 354 g/mol. The first-order valence-corrected chi connectivity index (χ1v) is 11.1. The molecule has 1 aliphatic carbocycles. The number of thiophene rings is 1. The molecule has 4 rings (SSSR count). The number of rotatable bonds is 3. The lowest BCUT2D eigenvalue weighted by molar-refractivity contribution is -0.0556. The predicted octanol–water partition coefficient (Wildman–Crippen LogP) is 5.29. The van der Waals surface area contributed by atoms with E-state index in [0.717, 1.165) is 32.1 Å². The van der Waals surface area contributed by atoms with Crippen molar-refractivity contribution in [2.24, 2.45) is 5.41 Å². The van der Waals surface area contributed by atoms with Gasteiger partial charge < -0.3 is 4.74 Å². The number of hydrogen-bond acceptors (Lipinski definition) is 5. The van der Waals surface area contributed by atoms with E-state index in [4.69, 9.17) is 14.7 Å². The average Bonchev–Trinajstić information content (AvgIpc) is 3.00. The maximum atomic E-state index is 5.69. The van der Waals surface area contributed by atoms with Crippen LogP contribution in [0.5, 0.6) is 0 Å². The van der Waals surface area contributed by atoms with Crippen molar-refractivity contribution >= 4 is 21.6 Å². The van der Waals surface area contributed by atoms with Gasteiger partial charge in [-0.3, -0.25) is 4.90 Å². The first-order valence-electron chi connectivity index (χ1n) is 10.3. The van der Waals surface area contributed by atoms with Gasteiger partial charge >= 0.3 is 0 Å². The fourth-order valence-corrected chi connectivity index (χ4v) is 5.75. The van der Waals surface area contributed by atoms with Gasteiger partial charge in [-0.05, 0) is 63.9 Å². The lowest BCUT2D eigenvalue weighted by Crippen LogP contribution is -2.52. The molecule has 1 saturated carbocycles. The molecule has 0 N–H and O–H groups in total. The Bertz CT molecular complexity index is 816. The van der Waals surface area contributed by atoms with Gasteiger partial charge in [0.25, 0.3) is 0 Å². The third-order valence-electron chi connectivity index (χ3n) is 6.50. The van der Waals surface area contributed by atoms with Gasteiger partial charge in [-0.1, -0.05) is 13.8 Å². The van der Waals surface area contributed by atoms with Crippen LogP contribution in [0.3, 0.4) is 0 Å². The number of aromatic nitrogens is 2. The molecule has 27 heavy (non-hydrogen) atoms. The van der Waals surface area contributed by atoms with Crippen molar-refractivity contribution in [3.8, 4) is 0 Å². The van der Waals surface area contributed by atoms with Crippen LogP contribution in [0.25, 0.3) is 10.2 Å². The van der Waals surface area contributed by atoms with E-state index in [9.17, 15) is 0 Å². The highest BCUT2D eigenvalue weighted by Gasteiger charge is 2.32. The molecule has 2 aliphatic rings. The maximum absolute atomic E-state index is 5.69.